The van der Waals surface area contributed by atoms with Crippen molar-refractivity contribution in [3.63, 3.8) is 0 Å². The molecule has 0 atom stereocenters. The molecule has 1 aromatic heterocycles. The van der Waals surface area contributed by atoms with Crippen LogP contribution in [0.2, 0.25) is 0 Å². The Morgan fingerprint density at radius 3 is 2.20 bits per heavy atom. The highest BCUT2D eigenvalue weighted by atomic mass is 19.4. The SMILES string of the molecule is CC1(O)CC(n2nc(C#N)c3cc(B4OC(C)(C)C(C)(C)O4)cc(C(F)(F)F)c32)C1. The average molecular weight is 421 g/mol. The van der Waals surface area contributed by atoms with Crippen molar-refractivity contribution in [2.75, 3.05) is 0 Å². The van der Waals surface area contributed by atoms with Crippen molar-refractivity contribution >= 4 is 23.5 Å². The van der Waals surface area contributed by atoms with Crippen LogP contribution in [0.25, 0.3) is 10.9 Å². The van der Waals surface area contributed by atoms with Gasteiger partial charge in [0.1, 0.15) is 6.07 Å². The van der Waals surface area contributed by atoms with E-state index in [2.05, 4.69) is 5.10 Å². The second-order valence-electron chi connectivity index (χ2n) is 9.51. The van der Waals surface area contributed by atoms with Gasteiger partial charge >= 0.3 is 13.3 Å². The van der Waals surface area contributed by atoms with Crippen molar-refractivity contribution < 1.29 is 27.6 Å². The number of nitrogens with zero attached hydrogens (tertiary/aromatic N) is 3. The first-order valence-corrected chi connectivity index (χ1v) is 9.77. The predicted octanol–water partition coefficient (Wildman–Crippen LogP) is 3.31. The lowest BCUT2D eigenvalue weighted by Gasteiger charge is -2.41. The maximum Gasteiger partial charge on any atom is 0.494 e. The number of fused-ring (bicyclic) bond motifs is 1. The van der Waals surface area contributed by atoms with E-state index in [9.17, 15) is 23.5 Å². The van der Waals surface area contributed by atoms with Gasteiger partial charge in [-0.2, -0.15) is 23.5 Å². The zero-order valence-corrected chi connectivity index (χ0v) is 17.5. The second kappa shape index (κ2) is 6.22. The number of halogens is 3. The topological polar surface area (TPSA) is 80.3 Å². The maximum atomic E-state index is 14.1. The highest BCUT2D eigenvalue weighted by Crippen LogP contribution is 2.45. The monoisotopic (exact) mass is 421 g/mol. The van der Waals surface area contributed by atoms with Gasteiger partial charge in [-0.15, -0.1) is 0 Å². The molecule has 1 saturated carbocycles. The molecule has 0 bridgehead atoms. The van der Waals surface area contributed by atoms with Crippen molar-refractivity contribution in [3.05, 3.63) is 23.4 Å². The molecule has 2 aliphatic rings. The molecule has 1 saturated heterocycles. The Labute approximate surface area is 172 Å². The molecular weight excluding hydrogens is 398 g/mol. The van der Waals surface area contributed by atoms with E-state index in [1.165, 1.54) is 10.7 Å². The zero-order valence-electron chi connectivity index (χ0n) is 17.5. The van der Waals surface area contributed by atoms with Gasteiger partial charge in [0.15, 0.2) is 5.69 Å². The van der Waals surface area contributed by atoms with E-state index in [4.69, 9.17) is 9.31 Å². The fourth-order valence-corrected chi connectivity index (χ4v) is 4.10. The molecule has 1 N–H and O–H groups in total. The third kappa shape index (κ3) is 3.20. The summed E-state index contributed by atoms with van der Waals surface area (Å²) < 4.78 is 55.3. The normalized spacial score (nSPS) is 27.9. The highest BCUT2D eigenvalue weighted by molar-refractivity contribution is 6.62. The molecule has 0 unspecified atom stereocenters. The zero-order chi connectivity index (χ0) is 22.3. The first-order valence-electron chi connectivity index (χ1n) is 9.77. The summed E-state index contributed by atoms with van der Waals surface area (Å²) in [5.41, 5.74) is -3.35. The molecule has 6 nitrogen and oxygen atoms in total. The van der Waals surface area contributed by atoms with Crippen LogP contribution in [0.15, 0.2) is 12.1 Å². The third-order valence-electron chi connectivity index (χ3n) is 6.46. The molecule has 1 aromatic carbocycles. The molecule has 1 aliphatic heterocycles. The van der Waals surface area contributed by atoms with Gasteiger partial charge in [0, 0.05) is 5.39 Å². The molecule has 4 rings (SSSR count). The molecule has 10 heteroatoms. The Bertz CT molecular complexity index is 1050. The van der Waals surface area contributed by atoms with E-state index >= 15 is 0 Å². The van der Waals surface area contributed by atoms with Crippen LogP contribution in [0.4, 0.5) is 13.2 Å². The smallest absolute Gasteiger partial charge is 0.399 e. The summed E-state index contributed by atoms with van der Waals surface area (Å²) in [6.07, 6.45) is -4.13. The number of aliphatic hydroxyl groups is 1. The van der Waals surface area contributed by atoms with Crippen molar-refractivity contribution in [3.8, 4) is 6.07 Å². The minimum absolute atomic E-state index is 0.0968. The molecule has 0 radical (unpaired) electrons. The van der Waals surface area contributed by atoms with Crippen LogP contribution in [0.5, 0.6) is 0 Å². The Hall–Kier alpha value is -2.09. The Morgan fingerprint density at radius 1 is 1.17 bits per heavy atom. The van der Waals surface area contributed by atoms with Crippen LogP contribution in [0, 0.1) is 11.3 Å². The summed E-state index contributed by atoms with van der Waals surface area (Å²) in [6.45, 7) is 8.89. The average Bonchev–Trinajstić information content (AvgIpc) is 3.04. The first-order chi connectivity index (χ1) is 13.7. The Kier molecular flexibility index (Phi) is 4.39. The molecule has 2 heterocycles. The van der Waals surface area contributed by atoms with Crippen molar-refractivity contribution in [1.82, 2.24) is 9.78 Å². The predicted molar refractivity (Wildman–Crippen MR) is 104 cm³/mol. The summed E-state index contributed by atoms with van der Waals surface area (Å²) >= 11 is 0. The number of nitriles is 1. The van der Waals surface area contributed by atoms with Crippen LogP contribution in [-0.2, 0) is 15.5 Å². The van der Waals surface area contributed by atoms with Crippen LogP contribution in [0.1, 0.15) is 64.8 Å². The summed E-state index contributed by atoms with van der Waals surface area (Å²) in [5.74, 6) is 0. The van der Waals surface area contributed by atoms with Gasteiger partial charge < -0.3 is 14.4 Å². The number of hydrogen-bond donors (Lipinski definition) is 1. The van der Waals surface area contributed by atoms with Crippen LogP contribution >= 0.6 is 0 Å². The number of alkyl halides is 3. The number of rotatable bonds is 2. The molecule has 30 heavy (non-hydrogen) atoms. The van der Waals surface area contributed by atoms with E-state index in [-0.39, 0.29) is 34.9 Å². The van der Waals surface area contributed by atoms with Gasteiger partial charge in [0.2, 0.25) is 0 Å². The number of hydrogen-bond acceptors (Lipinski definition) is 5. The van der Waals surface area contributed by atoms with Gasteiger partial charge in [0.05, 0.1) is 33.9 Å². The van der Waals surface area contributed by atoms with Gasteiger partial charge in [-0.3, -0.25) is 4.68 Å². The van der Waals surface area contributed by atoms with Crippen LogP contribution in [-0.4, -0.2) is 38.8 Å². The Balaban J connectivity index is 1.90. The number of aromatic nitrogens is 2. The lowest BCUT2D eigenvalue weighted by Crippen LogP contribution is -2.42. The van der Waals surface area contributed by atoms with E-state index in [0.29, 0.717) is 0 Å². The van der Waals surface area contributed by atoms with E-state index < -0.39 is 41.7 Å². The van der Waals surface area contributed by atoms with Crippen LogP contribution < -0.4 is 5.46 Å². The molecule has 0 amide bonds. The summed E-state index contributed by atoms with van der Waals surface area (Å²) in [6, 6.07) is 4.00. The van der Waals surface area contributed by atoms with Gasteiger partial charge in [0.25, 0.3) is 0 Å². The lowest BCUT2D eigenvalue weighted by atomic mass is 9.76. The third-order valence-corrected chi connectivity index (χ3v) is 6.46. The minimum atomic E-state index is -4.67. The molecule has 0 spiro atoms. The fourth-order valence-electron chi connectivity index (χ4n) is 4.10. The highest BCUT2D eigenvalue weighted by Gasteiger charge is 2.52. The van der Waals surface area contributed by atoms with Crippen molar-refractivity contribution in [1.29, 1.82) is 5.26 Å². The van der Waals surface area contributed by atoms with E-state index in [0.717, 1.165) is 6.07 Å². The van der Waals surface area contributed by atoms with Gasteiger partial charge in [-0.1, -0.05) is 6.07 Å². The first kappa shape index (κ1) is 21.2. The quantitative estimate of drug-likeness (QED) is 0.753. The van der Waals surface area contributed by atoms with Crippen molar-refractivity contribution in [2.24, 2.45) is 0 Å². The van der Waals surface area contributed by atoms with E-state index in [1.54, 1.807) is 6.92 Å². The Morgan fingerprint density at radius 2 is 1.73 bits per heavy atom. The molecule has 2 aromatic rings. The summed E-state index contributed by atoms with van der Waals surface area (Å²) in [7, 11) is -1.00. The maximum absolute atomic E-state index is 14.1. The molecule has 2 fully saturated rings. The fraction of sp³-hybridized carbons (Fsp3) is 0.600. The number of benzene rings is 1. The standard InChI is InChI=1S/C20H23BF3N3O3/c1-17(2)18(3,4)30-21(29-17)11-6-13-15(10-25)26-27(12-8-19(5,28)9-12)16(13)14(7-11)20(22,23)24/h6-7,12,28H,8-9H2,1-5H3. The van der Waals surface area contributed by atoms with E-state index in [1.807, 2.05) is 33.8 Å². The molecule has 1 aliphatic carbocycles. The lowest BCUT2D eigenvalue weighted by molar-refractivity contribution is -0.136. The largest absolute Gasteiger partial charge is 0.494 e. The van der Waals surface area contributed by atoms with Gasteiger partial charge in [-0.25, -0.2) is 0 Å². The summed E-state index contributed by atoms with van der Waals surface area (Å²) in [4.78, 5) is 0. The van der Waals surface area contributed by atoms with Crippen LogP contribution in [0.3, 0.4) is 0 Å². The van der Waals surface area contributed by atoms with Gasteiger partial charge in [-0.05, 0) is 59.0 Å². The van der Waals surface area contributed by atoms with Crippen molar-refractivity contribution in [2.45, 2.75) is 76.5 Å². The summed E-state index contributed by atoms with van der Waals surface area (Å²) in [5, 5.41) is 23.8. The molecule has 160 valence electrons. The molecular formula is C20H23BF3N3O3. The minimum Gasteiger partial charge on any atom is -0.399 e. The second-order valence-corrected chi connectivity index (χ2v) is 9.51.